The molecule has 2 N–H and O–H groups in total. The fourth-order valence-electron chi connectivity index (χ4n) is 1.20. The summed E-state index contributed by atoms with van der Waals surface area (Å²) in [6, 6.07) is 3.39. The first-order valence-electron chi connectivity index (χ1n) is 3.64. The first-order chi connectivity index (χ1) is 5.27. The van der Waals surface area contributed by atoms with E-state index in [1.165, 1.54) is 6.07 Å². The molecule has 1 aromatic heterocycles. The normalized spacial score (nSPS) is 28.5. The van der Waals surface area contributed by atoms with Crippen LogP contribution in [0.2, 0.25) is 0 Å². The van der Waals surface area contributed by atoms with Crippen molar-refractivity contribution in [2.24, 2.45) is 5.73 Å². The SMILES string of the molecule is NC1CC1c1ccc(F)nc1. The Morgan fingerprint density at radius 2 is 2.27 bits per heavy atom. The van der Waals surface area contributed by atoms with E-state index in [0.717, 1.165) is 12.0 Å². The molecule has 3 heteroatoms. The highest BCUT2D eigenvalue weighted by molar-refractivity contribution is 5.24. The van der Waals surface area contributed by atoms with Crippen LogP contribution in [0, 0.1) is 5.95 Å². The molecular formula is C8H9FN2. The van der Waals surface area contributed by atoms with Crippen molar-refractivity contribution < 1.29 is 4.39 Å². The van der Waals surface area contributed by atoms with Crippen molar-refractivity contribution in [1.82, 2.24) is 4.98 Å². The molecule has 1 heterocycles. The maximum atomic E-state index is 12.3. The molecule has 11 heavy (non-hydrogen) atoms. The van der Waals surface area contributed by atoms with Gasteiger partial charge in [-0.2, -0.15) is 4.39 Å². The quantitative estimate of drug-likeness (QED) is 0.610. The molecule has 58 valence electrons. The third kappa shape index (κ3) is 1.24. The average Bonchev–Trinajstić information content (AvgIpc) is 2.69. The second-order valence-electron chi connectivity index (χ2n) is 2.92. The Hall–Kier alpha value is -0.960. The van der Waals surface area contributed by atoms with Crippen LogP contribution in [0.15, 0.2) is 18.3 Å². The largest absolute Gasteiger partial charge is 0.327 e. The second-order valence-corrected chi connectivity index (χ2v) is 2.92. The van der Waals surface area contributed by atoms with Gasteiger partial charge in [0.05, 0.1) is 0 Å². The summed E-state index contributed by atoms with van der Waals surface area (Å²) in [5.74, 6) is -0.00827. The van der Waals surface area contributed by atoms with Gasteiger partial charge in [-0.15, -0.1) is 0 Å². The van der Waals surface area contributed by atoms with Gasteiger partial charge in [0.25, 0.3) is 0 Å². The smallest absolute Gasteiger partial charge is 0.212 e. The van der Waals surface area contributed by atoms with Gasteiger partial charge in [-0.3, -0.25) is 0 Å². The minimum atomic E-state index is -0.428. The monoisotopic (exact) mass is 152 g/mol. The summed E-state index contributed by atoms with van der Waals surface area (Å²) in [7, 11) is 0. The van der Waals surface area contributed by atoms with Crippen LogP contribution in [0.3, 0.4) is 0 Å². The van der Waals surface area contributed by atoms with E-state index in [1.54, 1.807) is 12.3 Å². The van der Waals surface area contributed by atoms with Gasteiger partial charge in [-0.05, 0) is 18.1 Å². The molecule has 2 nitrogen and oxygen atoms in total. The van der Waals surface area contributed by atoms with E-state index in [1.807, 2.05) is 0 Å². The van der Waals surface area contributed by atoms with Gasteiger partial charge in [0.15, 0.2) is 0 Å². The van der Waals surface area contributed by atoms with Crippen molar-refractivity contribution in [2.45, 2.75) is 18.4 Å². The number of rotatable bonds is 1. The Labute approximate surface area is 64.2 Å². The zero-order chi connectivity index (χ0) is 7.84. The molecule has 2 unspecified atom stereocenters. The van der Waals surface area contributed by atoms with E-state index < -0.39 is 5.95 Å². The van der Waals surface area contributed by atoms with Gasteiger partial charge in [0.1, 0.15) is 0 Å². The van der Waals surface area contributed by atoms with Crippen LogP contribution < -0.4 is 5.73 Å². The van der Waals surface area contributed by atoms with Crippen molar-refractivity contribution in [3.63, 3.8) is 0 Å². The highest BCUT2D eigenvalue weighted by Gasteiger charge is 2.34. The topological polar surface area (TPSA) is 38.9 Å². The van der Waals surface area contributed by atoms with Gasteiger partial charge < -0.3 is 5.73 Å². The third-order valence-electron chi connectivity index (χ3n) is 2.02. The average molecular weight is 152 g/mol. The molecule has 0 radical (unpaired) electrons. The van der Waals surface area contributed by atoms with Gasteiger partial charge >= 0.3 is 0 Å². The van der Waals surface area contributed by atoms with Gasteiger partial charge in [0, 0.05) is 18.2 Å². The van der Waals surface area contributed by atoms with Crippen LogP contribution in [-0.4, -0.2) is 11.0 Å². The molecule has 0 aromatic carbocycles. The fourth-order valence-corrected chi connectivity index (χ4v) is 1.20. The van der Waals surface area contributed by atoms with E-state index in [9.17, 15) is 4.39 Å². The summed E-state index contributed by atoms with van der Waals surface area (Å²) < 4.78 is 12.3. The zero-order valence-corrected chi connectivity index (χ0v) is 6.00. The highest BCUT2D eigenvalue weighted by atomic mass is 19.1. The molecule has 1 fully saturated rings. The van der Waals surface area contributed by atoms with Crippen LogP contribution in [0.5, 0.6) is 0 Å². The molecule has 0 aliphatic heterocycles. The number of nitrogens with zero attached hydrogens (tertiary/aromatic N) is 1. The maximum Gasteiger partial charge on any atom is 0.212 e. The Kier molecular flexibility index (Phi) is 1.39. The van der Waals surface area contributed by atoms with Crippen molar-refractivity contribution in [1.29, 1.82) is 0 Å². The summed E-state index contributed by atoms with van der Waals surface area (Å²) in [5.41, 5.74) is 6.67. The summed E-state index contributed by atoms with van der Waals surface area (Å²) in [6.07, 6.45) is 2.57. The Morgan fingerprint density at radius 3 is 2.73 bits per heavy atom. The van der Waals surface area contributed by atoms with Crippen molar-refractivity contribution >= 4 is 0 Å². The molecule has 0 amide bonds. The highest BCUT2D eigenvalue weighted by Crippen LogP contribution is 2.38. The van der Waals surface area contributed by atoms with Crippen molar-refractivity contribution in [2.75, 3.05) is 0 Å². The third-order valence-corrected chi connectivity index (χ3v) is 2.02. The number of nitrogens with two attached hydrogens (primary N) is 1. The van der Waals surface area contributed by atoms with Crippen LogP contribution in [0.25, 0.3) is 0 Å². The minimum Gasteiger partial charge on any atom is -0.327 e. The lowest BCUT2D eigenvalue weighted by atomic mass is 10.2. The predicted molar refractivity (Wildman–Crippen MR) is 39.5 cm³/mol. The lowest BCUT2D eigenvalue weighted by Crippen LogP contribution is -2.01. The number of aromatic nitrogens is 1. The minimum absolute atomic E-state index is 0.266. The van der Waals surface area contributed by atoms with E-state index in [0.29, 0.717) is 5.92 Å². The number of hydrogen-bond donors (Lipinski definition) is 1. The van der Waals surface area contributed by atoms with E-state index in [2.05, 4.69) is 4.98 Å². The lowest BCUT2D eigenvalue weighted by Gasteiger charge is -1.95. The van der Waals surface area contributed by atoms with E-state index in [-0.39, 0.29) is 6.04 Å². The Balaban J connectivity index is 2.21. The van der Waals surface area contributed by atoms with Crippen molar-refractivity contribution in [3.05, 3.63) is 29.8 Å². The lowest BCUT2D eigenvalue weighted by molar-refractivity contribution is 0.582. The molecule has 1 aliphatic carbocycles. The maximum absolute atomic E-state index is 12.3. The number of hydrogen-bond acceptors (Lipinski definition) is 2. The number of halogens is 1. The van der Waals surface area contributed by atoms with E-state index >= 15 is 0 Å². The van der Waals surface area contributed by atoms with Crippen LogP contribution in [-0.2, 0) is 0 Å². The molecule has 1 saturated carbocycles. The number of pyridine rings is 1. The van der Waals surface area contributed by atoms with E-state index in [4.69, 9.17) is 5.73 Å². The summed E-state index contributed by atoms with van der Waals surface area (Å²) in [5, 5.41) is 0. The molecule has 2 rings (SSSR count). The van der Waals surface area contributed by atoms with Gasteiger partial charge in [-0.1, -0.05) is 6.07 Å². The van der Waals surface area contributed by atoms with Crippen LogP contribution >= 0.6 is 0 Å². The molecule has 0 spiro atoms. The second kappa shape index (κ2) is 2.27. The van der Waals surface area contributed by atoms with Gasteiger partial charge in [0.2, 0.25) is 5.95 Å². The molecule has 0 saturated heterocycles. The Bertz CT molecular complexity index is 257. The molecule has 1 aliphatic rings. The van der Waals surface area contributed by atoms with Crippen LogP contribution in [0.1, 0.15) is 17.9 Å². The molecule has 0 bridgehead atoms. The Morgan fingerprint density at radius 1 is 1.55 bits per heavy atom. The fraction of sp³-hybridized carbons (Fsp3) is 0.375. The zero-order valence-electron chi connectivity index (χ0n) is 6.00. The summed E-state index contributed by atoms with van der Waals surface area (Å²) in [6.45, 7) is 0. The summed E-state index contributed by atoms with van der Waals surface area (Å²) >= 11 is 0. The first-order valence-corrected chi connectivity index (χ1v) is 3.64. The van der Waals surface area contributed by atoms with Crippen molar-refractivity contribution in [3.8, 4) is 0 Å². The standard InChI is InChI=1S/C8H9FN2/c9-8-2-1-5(4-11-8)6-3-7(6)10/h1-2,4,6-7H,3,10H2. The molecule has 1 aromatic rings. The van der Waals surface area contributed by atoms with Gasteiger partial charge in [-0.25, -0.2) is 4.98 Å². The first kappa shape index (κ1) is 6.73. The van der Waals surface area contributed by atoms with Crippen LogP contribution in [0.4, 0.5) is 4.39 Å². The predicted octanol–water partition coefficient (Wildman–Crippen LogP) is 1.04. The summed E-state index contributed by atoms with van der Waals surface area (Å²) in [4.78, 5) is 3.55. The molecule has 2 atom stereocenters. The molecular weight excluding hydrogens is 143 g/mol.